The van der Waals surface area contributed by atoms with Crippen LogP contribution in [0.25, 0.3) is 0 Å². The molecule has 2 heterocycles. The Morgan fingerprint density at radius 3 is 2.23 bits per heavy atom. The van der Waals surface area contributed by atoms with Crippen molar-refractivity contribution in [1.82, 2.24) is 31.9 Å². The van der Waals surface area contributed by atoms with E-state index in [-0.39, 0.29) is 35.0 Å². The molecular formula is C33H64N6O5. The van der Waals surface area contributed by atoms with E-state index in [0.717, 1.165) is 38.8 Å². The van der Waals surface area contributed by atoms with Crippen LogP contribution in [0.4, 0.5) is 4.79 Å². The highest BCUT2D eigenvalue weighted by Gasteiger charge is 2.46. The van der Waals surface area contributed by atoms with Gasteiger partial charge in [-0.3, -0.25) is 4.79 Å². The molecule has 256 valence electrons. The van der Waals surface area contributed by atoms with Crippen molar-refractivity contribution in [2.24, 2.45) is 11.3 Å². The Balaban J connectivity index is 1.12. The fourth-order valence-corrected chi connectivity index (χ4v) is 7.03. The number of rotatable bonds is 20. The first-order chi connectivity index (χ1) is 21.2. The third-order valence-electron chi connectivity index (χ3n) is 9.18. The summed E-state index contributed by atoms with van der Waals surface area (Å²) in [5.74, 6) is 0.773. The molecule has 1 unspecified atom stereocenters. The second-order valence-electron chi connectivity index (χ2n) is 14.4. The van der Waals surface area contributed by atoms with Gasteiger partial charge in [0, 0.05) is 32.1 Å². The molecule has 3 aliphatic rings. The number of urea groups is 1. The summed E-state index contributed by atoms with van der Waals surface area (Å²) in [5.41, 5.74) is 7.64. The number of unbranched alkanes of at least 4 members (excludes halogenated alkanes) is 2. The smallest absolute Gasteiger partial charge is 0.315 e. The van der Waals surface area contributed by atoms with E-state index in [4.69, 9.17) is 14.2 Å². The summed E-state index contributed by atoms with van der Waals surface area (Å²) >= 11 is 0. The Kier molecular flexibility index (Phi) is 16.7. The second-order valence-corrected chi connectivity index (χ2v) is 14.4. The van der Waals surface area contributed by atoms with Gasteiger partial charge >= 0.3 is 6.03 Å². The Morgan fingerprint density at radius 2 is 1.57 bits per heavy atom. The van der Waals surface area contributed by atoms with Crippen LogP contribution in [0.3, 0.4) is 0 Å². The molecular weight excluding hydrogens is 560 g/mol. The van der Waals surface area contributed by atoms with Crippen LogP contribution in [0.1, 0.15) is 111 Å². The quantitative estimate of drug-likeness (QED) is 0.129. The van der Waals surface area contributed by atoms with Crippen molar-refractivity contribution in [3.05, 3.63) is 0 Å². The van der Waals surface area contributed by atoms with Crippen molar-refractivity contribution in [1.29, 1.82) is 0 Å². The molecule has 0 aromatic carbocycles. The number of carbonyl (C=O) groups excluding carboxylic acids is 2. The van der Waals surface area contributed by atoms with Gasteiger partial charge in [0.1, 0.15) is 0 Å². The van der Waals surface area contributed by atoms with Gasteiger partial charge in [-0.2, -0.15) is 5.53 Å². The fourth-order valence-electron chi connectivity index (χ4n) is 7.03. The molecule has 1 saturated carbocycles. The highest BCUT2D eigenvalue weighted by atomic mass is 16.5. The van der Waals surface area contributed by atoms with Gasteiger partial charge in [-0.15, -0.1) is 0 Å². The molecule has 3 rings (SSSR count). The van der Waals surface area contributed by atoms with E-state index < -0.39 is 0 Å². The summed E-state index contributed by atoms with van der Waals surface area (Å²) in [7, 11) is 0. The number of hydrazine groups is 2. The first-order valence-electron chi connectivity index (χ1n) is 17.5. The third-order valence-corrected chi connectivity index (χ3v) is 9.18. The maximum atomic E-state index is 12.0. The van der Waals surface area contributed by atoms with Gasteiger partial charge < -0.3 is 30.2 Å². The molecule has 3 amide bonds. The minimum Gasteiger partial charge on any atom is -0.378 e. The molecule has 0 aromatic heterocycles. The first kappa shape index (κ1) is 37.0. The van der Waals surface area contributed by atoms with Crippen LogP contribution in [0.2, 0.25) is 0 Å². The molecule has 3 fully saturated rings. The van der Waals surface area contributed by atoms with Gasteiger partial charge in [-0.25, -0.2) is 15.2 Å². The zero-order valence-electron chi connectivity index (χ0n) is 28.3. The van der Waals surface area contributed by atoms with E-state index >= 15 is 0 Å². The van der Waals surface area contributed by atoms with Crippen molar-refractivity contribution in [3.8, 4) is 0 Å². The van der Waals surface area contributed by atoms with Crippen LogP contribution >= 0.6 is 0 Å². The van der Waals surface area contributed by atoms with E-state index in [2.05, 4.69) is 52.7 Å². The molecule has 11 heteroatoms. The molecule has 1 aliphatic carbocycles. The van der Waals surface area contributed by atoms with E-state index in [1.54, 1.807) is 0 Å². The normalized spacial score (nSPS) is 25.4. The number of ether oxygens (including phenoxy) is 3. The van der Waals surface area contributed by atoms with Crippen molar-refractivity contribution < 1.29 is 23.8 Å². The molecule has 0 radical (unpaired) electrons. The average Bonchev–Trinajstić information content (AvgIpc) is 3.49. The Morgan fingerprint density at radius 1 is 0.909 bits per heavy atom. The van der Waals surface area contributed by atoms with Gasteiger partial charge in [0.15, 0.2) is 0 Å². The minimum absolute atomic E-state index is 0.0610. The van der Waals surface area contributed by atoms with E-state index in [1.165, 1.54) is 51.4 Å². The Hall–Kier alpha value is -1.50. The number of hydrogen-bond donors (Lipinski definition) is 5. The number of carbonyl (C=O) groups is 2. The van der Waals surface area contributed by atoms with Crippen LogP contribution in [-0.4, -0.2) is 93.8 Å². The van der Waals surface area contributed by atoms with Gasteiger partial charge in [0.2, 0.25) is 5.91 Å². The number of nitrogens with zero attached hydrogens (tertiary/aromatic N) is 1. The second kappa shape index (κ2) is 19.9. The lowest BCUT2D eigenvalue weighted by molar-refractivity contribution is -0.121. The summed E-state index contributed by atoms with van der Waals surface area (Å²) in [4.78, 5) is 23.3. The van der Waals surface area contributed by atoms with Crippen LogP contribution in [0.5, 0.6) is 0 Å². The SMILES string of the molecule is C[C@@H]1NC(=O)N[C@@H]1CCCCCC(=O)NCCOCCOCCOCCN1CC(CC(C)(C)C)(C2CCCCCCC2)NN1. The molecule has 11 nitrogen and oxygen atoms in total. The van der Waals surface area contributed by atoms with Crippen LogP contribution in [-0.2, 0) is 19.0 Å². The molecule has 44 heavy (non-hydrogen) atoms. The molecule has 0 spiro atoms. The van der Waals surface area contributed by atoms with Crippen molar-refractivity contribution >= 4 is 11.9 Å². The van der Waals surface area contributed by atoms with Gasteiger partial charge in [-0.05, 0) is 50.4 Å². The monoisotopic (exact) mass is 624 g/mol. The Labute approximate surface area is 267 Å². The first-order valence-corrected chi connectivity index (χ1v) is 17.5. The van der Waals surface area contributed by atoms with Crippen LogP contribution < -0.4 is 26.9 Å². The van der Waals surface area contributed by atoms with E-state index in [0.29, 0.717) is 58.5 Å². The number of nitrogens with one attached hydrogen (secondary N) is 5. The molecule has 3 atom stereocenters. The Bertz CT molecular complexity index is 819. The maximum absolute atomic E-state index is 12.0. The van der Waals surface area contributed by atoms with Crippen LogP contribution in [0, 0.1) is 11.3 Å². The summed E-state index contributed by atoms with van der Waals surface area (Å²) in [6.07, 6.45) is 15.0. The zero-order chi connectivity index (χ0) is 31.7. The largest absolute Gasteiger partial charge is 0.378 e. The maximum Gasteiger partial charge on any atom is 0.315 e. The van der Waals surface area contributed by atoms with Crippen molar-refractivity contribution in [2.75, 3.05) is 59.3 Å². The van der Waals surface area contributed by atoms with E-state index in [1.807, 2.05) is 6.92 Å². The van der Waals surface area contributed by atoms with Crippen molar-refractivity contribution in [2.45, 2.75) is 129 Å². The minimum atomic E-state index is -0.0822. The van der Waals surface area contributed by atoms with Gasteiger partial charge in [0.25, 0.3) is 0 Å². The van der Waals surface area contributed by atoms with Crippen molar-refractivity contribution in [3.63, 3.8) is 0 Å². The summed E-state index contributed by atoms with van der Waals surface area (Å²) < 4.78 is 17.1. The third kappa shape index (κ3) is 14.3. The lowest BCUT2D eigenvalue weighted by Gasteiger charge is -2.42. The molecule has 2 saturated heterocycles. The molecule has 0 bridgehead atoms. The standard InChI is InChI=1S/C33H64N6O5/c1-27-29(36-31(41)35-27)15-11-8-12-16-30(40)34-17-19-42-21-23-44-24-22-43-20-18-39-26-33(37-38-39,25-32(2,3)4)28-13-9-6-5-7-10-14-28/h27-29,37-38H,5-26H2,1-4H3,(H,34,40)(H2,35,36,41)/t27-,29+,33?/m0/s1. The zero-order valence-corrected chi connectivity index (χ0v) is 28.3. The molecule has 5 N–H and O–H groups in total. The lowest BCUT2D eigenvalue weighted by Crippen LogP contribution is -2.53. The fraction of sp³-hybridized carbons (Fsp3) is 0.939. The molecule has 0 aromatic rings. The number of hydrogen-bond acceptors (Lipinski definition) is 8. The predicted molar refractivity (Wildman–Crippen MR) is 174 cm³/mol. The topological polar surface area (TPSA) is 125 Å². The highest BCUT2D eigenvalue weighted by molar-refractivity contribution is 5.77. The summed E-state index contributed by atoms with van der Waals surface area (Å²) in [5, 5.41) is 11.0. The summed E-state index contributed by atoms with van der Waals surface area (Å²) in [6.45, 7) is 14.7. The number of amides is 3. The predicted octanol–water partition coefficient (Wildman–Crippen LogP) is 4.03. The van der Waals surface area contributed by atoms with Crippen LogP contribution in [0.15, 0.2) is 0 Å². The van der Waals surface area contributed by atoms with Gasteiger partial charge in [0.05, 0.1) is 51.2 Å². The average molecular weight is 625 g/mol. The summed E-state index contributed by atoms with van der Waals surface area (Å²) in [6, 6.07) is 0.284. The molecule has 2 aliphatic heterocycles. The van der Waals surface area contributed by atoms with Gasteiger partial charge in [-0.1, -0.05) is 65.7 Å². The lowest BCUT2D eigenvalue weighted by atomic mass is 9.69. The highest BCUT2D eigenvalue weighted by Crippen LogP contribution is 2.40. The van der Waals surface area contributed by atoms with E-state index in [9.17, 15) is 9.59 Å².